The van der Waals surface area contributed by atoms with Gasteiger partial charge in [0.15, 0.2) is 0 Å². The van der Waals surface area contributed by atoms with Crippen LogP contribution in [0.4, 0.5) is 5.69 Å². The zero-order valence-electron chi connectivity index (χ0n) is 8.62. The normalized spacial score (nSPS) is 20.4. The number of nitrogens with zero attached hydrogens (tertiary/aromatic N) is 1. The molecule has 82 valence electrons. The molecule has 5 heteroatoms. The third-order valence-corrected chi connectivity index (χ3v) is 2.72. The smallest absolute Gasteiger partial charge is 0.224 e. The molecule has 0 bridgehead atoms. The van der Waals surface area contributed by atoms with Crippen molar-refractivity contribution < 1.29 is 4.79 Å². The van der Waals surface area contributed by atoms with E-state index in [-0.39, 0.29) is 5.91 Å². The molecule has 1 aliphatic rings. The zero-order valence-corrected chi connectivity index (χ0v) is 8.62. The summed E-state index contributed by atoms with van der Waals surface area (Å²) in [6.45, 7) is 2.15. The number of nitrogens with one attached hydrogen (secondary N) is 3. The van der Waals surface area contributed by atoms with E-state index in [4.69, 9.17) is 0 Å². The molecule has 1 atom stereocenters. The van der Waals surface area contributed by atoms with E-state index in [1.54, 1.807) is 12.4 Å². The van der Waals surface area contributed by atoms with Gasteiger partial charge in [0, 0.05) is 12.6 Å². The molecular formula is C10H16N4O. The molecule has 15 heavy (non-hydrogen) atoms. The van der Waals surface area contributed by atoms with Gasteiger partial charge in [-0.25, -0.2) is 0 Å². The minimum Gasteiger partial charge on any atom is -0.323 e. The number of H-pyrrole nitrogens is 1. The Morgan fingerprint density at radius 1 is 1.67 bits per heavy atom. The Morgan fingerprint density at radius 2 is 2.60 bits per heavy atom. The number of amides is 1. The van der Waals surface area contributed by atoms with Gasteiger partial charge in [-0.1, -0.05) is 0 Å². The van der Waals surface area contributed by atoms with Crippen molar-refractivity contribution in [2.24, 2.45) is 5.92 Å². The fraction of sp³-hybridized carbons (Fsp3) is 0.600. The van der Waals surface area contributed by atoms with Crippen LogP contribution in [0, 0.1) is 5.92 Å². The van der Waals surface area contributed by atoms with Crippen molar-refractivity contribution in [3.8, 4) is 0 Å². The molecule has 1 unspecified atom stereocenters. The molecular weight excluding hydrogens is 192 g/mol. The second kappa shape index (κ2) is 4.93. The Bertz CT molecular complexity index is 303. The maximum absolute atomic E-state index is 11.5. The molecule has 0 spiro atoms. The fourth-order valence-electron chi connectivity index (χ4n) is 1.84. The van der Waals surface area contributed by atoms with E-state index in [0.29, 0.717) is 12.3 Å². The topological polar surface area (TPSA) is 69.8 Å². The van der Waals surface area contributed by atoms with Crippen LogP contribution in [0.3, 0.4) is 0 Å². The molecule has 1 aromatic rings. The van der Waals surface area contributed by atoms with Gasteiger partial charge in [-0.2, -0.15) is 5.10 Å². The lowest BCUT2D eigenvalue weighted by Gasteiger charge is -2.07. The van der Waals surface area contributed by atoms with Gasteiger partial charge in [0.1, 0.15) is 0 Å². The molecule has 1 aromatic heterocycles. The lowest BCUT2D eigenvalue weighted by Crippen LogP contribution is -2.14. The van der Waals surface area contributed by atoms with Crippen molar-refractivity contribution in [2.45, 2.75) is 19.3 Å². The number of carbonyl (C=O) groups is 1. The van der Waals surface area contributed by atoms with Crippen LogP contribution in [0.15, 0.2) is 12.4 Å². The van der Waals surface area contributed by atoms with Crippen molar-refractivity contribution in [1.82, 2.24) is 15.5 Å². The average molecular weight is 208 g/mol. The van der Waals surface area contributed by atoms with Gasteiger partial charge in [-0.3, -0.25) is 9.89 Å². The van der Waals surface area contributed by atoms with E-state index in [9.17, 15) is 4.79 Å². The van der Waals surface area contributed by atoms with E-state index in [0.717, 1.165) is 25.2 Å². The SMILES string of the molecule is O=C(CCC1CCNC1)Nc1cn[nH]c1. The molecule has 1 aliphatic heterocycles. The average Bonchev–Trinajstić information content (AvgIpc) is 2.86. The Hall–Kier alpha value is -1.36. The zero-order chi connectivity index (χ0) is 10.5. The van der Waals surface area contributed by atoms with Crippen LogP contribution >= 0.6 is 0 Å². The Morgan fingerprint density at radius 3 is 3.27 bits per heavy atom. The predicted octanol–water partition coefficient (Wildman–Crippen LogP) is 0.738. The van der Waals surface area contributed by atoms with Crippen LogP contribution in [-0.2, 0) is 4.79 Å². The van der Waals surface area contributed by atoms with Crippen LogP contribution in [0.1, 0.15) is 19.3 Å². The van der Waals surface area contributed by atoms with Gasteiger partial charge in [0.25, 0.3) is 0 Å². The van der Waals surface area contributed by atoms with Gasteiger partial charge >= 0.3 is 0 Å². The number of hydrogen-bond donors (Lipinski definition) is 3. The van der Waals surface area contributed by atoms with Crippen molar-refractivity contribution in [3.63, 3.8) is 0 Å². The molecule has 1 amide bonds. The molecule has 2 heterocycles. The standard InChI is InChI=1S/C10H16N4O/c15-10(14-9-6-12-13-7-9)2-1-8-3-4-11-5-8/h6-8,11H,1-5H2,(H,12,13)(H,14,15). The molecule has 0 radical (unpaired) electrons. The summed E-state index contributed by atoms with van der Waals surface area (Å²) in [5.41, 5.74) is 0.740. The Balaban J connectivity index is 1.68. The summed E-state index contributed by atoms with van der Waals surface area (Å²) in [5, 5.41) is 12.5. The van der Waals surface area contributed by atoms with Gasteiger partial charge in [-0.05, 0) is 31.8 Å². The van der Waals surface area contributed by atoms with E-state index in [1.807, 2.05) is 0 Å². The maximum atomic E-state index is 11.5. The lowest BCUT2D eigenvalue weighted by atomic mass is 10.0. The molecule has 1 fully saturated rings. The predicted molar refractivity (Wildman–Crippen MR) is 57.4 cm³/mol. The highest BCUT2D eigenvalue weighted by molar-refractivity contribution is 5.90. The van der Waals surface area contributed by atoms with E-state index >= 15 is 0 Å². The second-order valence-corrected chi connectivity index (χ2v) is 3.93. The van der Waals surface area contributed by atoms with Crippen molar-refractivity contribution in [3.05, 3.63) is 12.4 Å². The molecule has 0 aliphatic carbocycles. The van der Waals surface area contributed by atoms with E-state index in [2.05, 4.69) is 20.8 Å². The number of aromatic amines is 1. The molecule has 3 N–H and O–H groups in total. The first-order chi connectivity index (χ1) is 7.34. The third kappa shape index (κ3) is 3.06. The highest BCUT2D eigenvalue weighted by Gasteiger charge is 2.15. The fourth-order valence-corrected chi connectivity index (χ4v) is 1.84. The van der Waals surface area contributed by atoms with Gasteiger partial charge in [-0.15, -0.1) is 0 Å². The highest BCUT2D eigenvalue weighted by atomic mass is 16.1. The summed E-state index contributed by atoms with van der Waals surface area (Å²) in [5.74, 6) is 0.739. The van der Waals surface area contributed by atoms with Gasteiger partial charge in [0.2, 0.25) is 5.91 Å². The van der Waals surface area contributed by atoms with E-state index in [1.165, 1.54) is 6.42 Å². The molecule has 0 aromatic carbocycles. The molecule has 0 saturated carbocycles. The van der Waals surface area contributed by atoms with E-state index < -0.39 is 0 Å². The summed E-state index contributed by atoms with van der Waals surface area (Å²) in [6, 6.07) is 0. The largest absolute Gasteiger partial charge is 0.323 e. The molecule has 5 nitrogen and oxygen atoms in total. The summed E-state index contributed by atoms with van der Waals surface area (Å²) >= 11 is 0. The molecule has 2 rings (SSSR count). The Kier molecular flexibility index (Phi) is 3.34. The third-order valence-electron chi connectivity index (χ3n) is 2.72. The minimum absolute atomic E-state index is 0.0725. The summed E-state index contributed by atoms with van der Waals surface area (Å²) in [7, 11) is 0. The number of anilines is 1. The van der Waals surface area contributed by atoms with Crippen molar-refractivity contribution in [2.75, 3.05) is 18.4 Å². The second-order valence-electron chi connectivity index (χ2n) is 3.93. The molecule has 1 saturated heterocycles. The van der Waals surface area contributed by atoms with Crippen LogP contribution < -0.4 is 10.6 Å². The summed E-state index contributed by atoms with van der Waals surface area (Å²) < 4.78 is 0. The van der Waals surface area contributed by atoms with Gasteiger partial charge in [0.05, 0.1) is 11.9 Å². The number of aromatic nitrogens is 2. The van der Waals surface area contributed by atoms with Crippen molar-refractivity contribution in [1.29, 1.82) is 0 Å². The lowest BCUT2D eigenvalue weighted by molar-refractivity contribution is -0.116. The van der Waals surface area contributed by atoms with Crippen LogP contribution in [0.2, 0.25) is 0 Å². The summed E-state index contributed by atoms with van der Waals surface area (Å²) in [6.07, 6.45) is 6.04. The first-order valence-electron chi connectivity index (χ1n) is 5.34. The minimum atomic E-state index is 0.0725. The van der Waals surface area contributed by atoms with Crippen LogP contribution in [0.25, 0.3) is 0 Å². The van der Waals surface area contributed by atoms with Gasteiger partial charge < -0.3 is 10.6 Å². The number of hydrogen-bond acceptors (Lipinski definition) is 3. The summed E-state index contributed by atoms with van der Waals surface area (Å²) in [4.78, 5) is 11.5. The monoisotopic (exact) mass is 208 g/mol. The van der Waals surface area contributed by atoms with Crippen molar-refractivity contribution >= 4 is 11.6 Å². The maximum Gasteiger partial charge on any atom is 0.224 e. The number of carbonyl (C=O) groups excluding carboxylic acids is 1. The number of rotatable bonds is 4. The van der Waals surface area contributed by atoms with Crippen LogP contribution in [-0.4, -0.2) is 29.2 Å². The first kappa shape index (κ1) is 10.2. The highest BCUT2D eigenvalue weighted by Crippen LogP contribution is 2.14. The van der Waals surface area contributed by atoms with Crippen LogP contribution in [0.5, 0.6) is 0 Å². The first-order valence-corrected chi connectivity index (χ1v) is 5.34. The Labute approximate surface area is 88.6 Å². The quantitative estimate of drug-likeness (QED) is 0.683.